The minimum absolute atomic E-state index is 0.226. The molecule has 0 aliphatic carbocycles. The average molecular weight is 277 g/mol. The number of carboxylic acids is 1. The maximum Gasteiger partial charge on any atom is 0.339 e. The Kier molecular flexibility index (Phi) is 3.53. The van der Waals surface area contributed by atoms with Gasteiger partial charge in [-0.15, -0.1) is 0 Å². The number of hydrogen-bond donors (Lipinski definition) is 1. The first-order chi connectivity index (χ1) is 9.65. The molecule has 0 saturated carbocycles. The van der Waals surface area contributed by atoms with E-state index in [1.165, 1.54) is 0 Å². The van der Waals surface area contributed by atoms with Gasteiger partial charge >= 0.3 is 5.97 Å². The highest BCUT2D eigenvalue weighted by Crippen LogP contribution is 2.35. The van der Waals surface area contributed by atoms with Crippen LogP contribution in [-0.4, -0.2) is 43.0 Å². The summed E-state index contributed by atoms with van der Waals surface area (Å²) in [7, 11) is 0. The van der Waals surface area contributed by atoms with Crippen molar-refractivity contribution in [2.45, 2.75) is 32.0 Å². The Morgan fingerprint density at radius 3 is 3.00 bits per heavy atom. The topological polar surface area (TPSA) is 59.0 Å². The number of rotatable bonds is 3. The number of fused-ring (bicyclic) bond motifs is 1. The number of ether oxygens (including phenoxy) is 2. The van der Waals surface area contributed by atoms with E-state index in [1.54, 1.807) is 12.1 Å². The van der Waals surface area contributed by atoms with Gasteiger partial charge in [0.05, 0.1) is 24.4 Å². The van der Waals surface area contributed by atoms with E-state index in [4.69, 9.17) is 9.47 Å². The van der Waals surface area contributed by atoms with Crippen LogP contribution in [0.4, 0.5) is 5.69 Å². The van der Waals surface area contributed by atoms with Crippen molar-refractivity contribution >= 4 is 11.7 Å². The summed E-state index contributed by atoms with van der Waals surface area (Å²) in [5, 5.41) is 9.22. The molecule has 2 heterocycles. The first kappa shape index (κ1) is 13.2. The van der Waals surface area contributed by atoms with Gasteiger partial charge in [-0.2, -0.15) is 0 Å². The third-order valence-electron chi connectivity index (χ3n) is 3.92. The SMILES string of the molecule is CC1CCC(CN2CCOc3c(C(=O)O)cccc32)O1. The van der Waals surface area contributed by atoms with Gasteiger partial charge in [0, 0.05) is 6.54 Å². The van der Waals surface area contributed by atoms with Crippen LogP contribution in [0.5, 0.6) is 5.75 Å². The Morgan fingerprint density at radius 2 is 2.30 bits per heavy atom. The van der Waals surface area contributed by atoms with Crippen molar-refractivity contribution in [1.82, 2.24) is 0 Å². The number of aromatic carboxylic acids is 1. The second-order valence-electron chi connectivity index (χ2n) is 5.40. The lowest BCUT2D eigenvalue weighted by Crippen LogP contribution is -2.38. The maximum atomic E-state index is 11.2. The van der Waals surface area contributed by atoms with E-state index < -0.39 is 5.97 Å². The molecule has 2 aliphatic heterocycles. The van der Waals surface area contributed by atoms with E-state index in [9.17, 15) is 9.90 Å². The molecule has 0 aromatic heterocycles. The fourth-order valence-corrected chi connectivity index (χ4v) is 2.93. The zero-order chi connectivity index (χ0) is 14.1. The zero-order valence-corrected chi connectivity index (χ0v) is 11.5. The minimum Gasteiger partial charge on any atom is -0.489 e. The lowest BCUT2D eigenvalue weighted by Gasteiger charge is -2.33. The van der Waals surface area contributed by atoms with Gasteiger partial charge in [-0.25, -0.2) is 4.79 Å². The van der Waals surface area contributed by atoms with Crippen molar-refractivity contribution in [1.29, 1.82) is 0 Å². The maximum absolute atomic E-state index is 11.2. The van der Waals surface area contributed by atoms with Gasteiger partial charge in [0.1, 0.15) is 12.2 Å². The van der Waals surface area contributed by atoms with Gasteiger partial charge in [-0.05, 0) is 31.9 Å². The first-order valence-corrected chi connectivity index (χ1v) is 7.04. The molecule has 3 rings (SSSR count). The lowest BCUT2D eigenvalue weighted by atomic mass is 10.1. The molecule has 0 amide bonds. The Balaban J connectivity index is 1.83. The molecule has 1 saturated heterocycles. The molecular weight excluding hydrogens is 258 g/mol. The van der Waals surface area contributed by atoms with Crippen LogP contribution in [-0.2, 0) is 4.74 Å². The molecule has 20 heavy (non-hydrogen) atoms. The first-order valence-electron chi connectivity index (χ1n) is 7.04. The summed E-state index contributed by atoms with van der Waals surface area (Å²) in [6, 6.07) is 5.26. The number of carboxylic acid groups (broad SMARTS) is 1. The van der Waals surface area contributed by atoms with E-state index in [-0.39, 0.29) is 11.7 Å². The average Bonchev–Trinajstić information content (AvgIpc) is 2.84. The molecule has 1 aromatic rings. The van der Waals surface area contributed by atoms with Crippen molar-refractivity contribution in [3.05, 3.63) is 23.8 Å². The number of nitrogens with zero attached hydrogens (tertiary/aromatic N) is 1. The van der Waals surface area contributed by atoms with Crippen molar-refractivity contribution in [2.24, 2.45) is 0 Å². The fraction of sp³-hybridized carbons (Fsp3) is 0.533. The summed E-state index contributed by atoms with van der Waals surface area (Å²) >= 11 is 0. The van der Waals surface area contributed by atoms with Crippen LogP contribution < -0.4 is 9.64 Å². The summed E-state index contributed by atoms with van der Waals surface area (Å²) in [6.45, 7) is 4.17. The van der Waals surface area contributed by atoms with E-state index in [0.717, 1.165) is 31.6 Å². The van der Waals surface area contributed by atoms with E-state index in [0.29, 0.717) is 18.5 Å². The molecule has 0 radical (unpaired) electrons. The summed E-state index contributed by atoms with van der Waals surface area (Å²) < 4.78 is 11.4. The van der Waals surface area contributed by atoms with Crippen LogP contribution in [0.3, 0.4) is 0 Å². The molecular formula is C15H19NO4. The van der Waals surface area contributed by atoms with Crippen LogP contribution in [0.2, 0.25) is 0 Å². The zero-order valence-electron chi connectivity index (χ0n) is 11.5. The second-order valence-corrected chi connectivity index (χ2v) is 5.40. The molecule has 2 atom stereocenters. The monoisotopic (exact) mass is 277 g/mol. The highest BCUT2D eigenvalue weighted by Gasteiger charge is 2.28. The Hall–Kier alpha value is -1.75. The summed E-state index contributed by atoms with van der Waals surface area (Å²) in [5.41, 5.74) is 1.09. The largest absolute Gasteiger partial charge is 0.489 e. The normalized spacial score (nSPS) is 25.1. The third kappa shape index (κ3) is 2.45. The van der Waals surface area contributed by atoms with Gasteiger partial charge in [0.15, 0.2) is 5.75 Å². The Labute approximate surface area is 118 Å². The standard InChI is InChI=1S/C15H19NO4/c1-10-5-6-11(20-10)9-16-7-8-19-14-12(15(17)18)3-2-4-13(14)16/h2-4,10-11H,5-9H2,1H3,(H,17,18). The Morgan fingerprint density at radius 1 is 1.45 bits per heavy atom. The second kappa shape index (κ2) is 5.32. The van der Waals surface area contributed by atoms with Gasteiger partial charge < -0.3 is 19.5 Å². The fourth-order valence-electron chi connectivity index (χ4n) is 2.93. The van der Waals surface area contributed by atoms with Crippen molar-refractivity contribution < 1.29 is 19.4 Å². The molecule has 5 nitrogen and oxygen atoms in total. The van der Waals surface area contributed by atoms with Gasteiger partial charge in [-0.1, -0.05) is 6.07 Å². The van der Waals surface area contributed by atoms with Crippen molar-refractivity contribution in [2.75, 3.05) is 24.6 Å². The molecule has 1 N–H and O–H groups in total. The minimum atomic E-state index is -0.950. The summed E-state index contributed by atoms with van der Waals surface area (Å²) in [6.07, 6.45) is 2.71. The molecule has 5 heteroatoms. The van der Waals surface area contributed by atoms with Gasteiger partial charge in [0.2, 0.25) is 0 Å². The molecule has 2 aliphatic rings. The van der Waals surface area contributed by atoms with Crippen LogP contribution >= 0.6 is 0 Å². The quantitative estimate of drug-likeness (QED) is 0.917. The molecule has 2 unspecified atom stereocenters. The number of carbonyl (C=O) groups is 1. The van der Waals surface area contributed by atoms with Crippen LogP contribution in [0.1, 0.15) is 30.1 Å². The third-order valence-corrected chi connectivity index (χ3v) is 3.92. The summed E-state index contributed by atoms with van der Waals surface area (Å²) in [4.78, 5) is 13.4. The number of benzene rings is 1. The van der Waals surface area contributed by atoms with Crippen LogP contribution in [0, 0.1) is 0 Å². The van der Waals surface area contributed by atoms with Gasteiger partial charge in [-0.3, -0.25) is 0 Å². The van der Waals surface area contributed by atoms with Crippen molar-refractivity contribution in [3.8, 4) is 5.75 Å². The number of para-hydroxylation sites is 1. The highest BCUT2D eigenvalue weighted by atomic mass is 16.5. The molecule has 0 spiro atoms. The number of hydrogen-bond acceptors (Lipinski definition) is 4. The smallest absolute Gasteiger partial charge is 0.339 e. The molecule has 1 fully saturated rings. The summed E-state index contributed by atoms with van der Waals surface area (Å²) in [5.74, 6) is -0.466. The Bertz CT molecular complexity index is 517. The van der Waals surface area contributed by atoms with E-state index in [2.05, 4.69) is 11.8 Å². The van der Waals surface area contributed by atoms with E-state index >= 15 is 0 Å². The van der Waals surface area contributed by atoms with Gasteiger partial charge in [0.25, 0.3) is 0 Å². The van der Waals surface area contributed by atoms with E-state index in [1.807, 2.05) is 6.07 Å². The van der Waals surface area contributed by atoms with Crippen molar-refractivity contribution in [3.63, 3.8) is 0 Å². The predicted octanol–water partition coefficient (Wildman–Crippen LogP) is 2.15. The molecule has 1 aromatic carbocycles. The number of anilines is 1. The van der Waals surface area contributed by atoms with Crippen LogP contribution in [0.25, 0.3) is 0 Å². The highest BCUT2D eigenvalue weighted by molar-refractivity contribution is 5.93. The lowest BCUT2D eigenvalue weighted by molar-refractivity contribution is 0.0591. The molecule has 0 bridgehead atoms. The predicted molar refractivity (Wildman–Crippen MR) is 74.7 cm³/mol. The molecule has 108 valence electrons. The van der Waals surface area contributed by atoms with Crippen LogP contribution in [0.15, 0.2) is 18.2 Å².